The van der Waals surface area contributed by atoms with Crippen LogP contribution in [0.15, 0.2) is 53.4 Å². The number of fused-ring (bicyclic) bond motifs is 1. The predicted molar refractivity (Wildman–Crippen MR) is 115 cm³/mol. The third-order valence-corrected chi connectivity index (χ3v) is 5.29. The number of para-hydroxylation sites is 1. The van der Waals surface area contributed by atoms with E-state index in [1.54, 1.807) is 25.7 Å². The molecule has 0 saturated carbocycles. The molecular weight excluding hydrogens is 404 g/mol. The van der Waals surface area contributed by atoms with Gasteiger partial charge in [0, 0.05) is 36.8 Å². The monoisotopic (exact) mass is 424 g/mol. The van der Waals surface area contributed by atoms with Crippen LogP contribution in [0.2, 0.25) is 0 Å². The van der Waals surface area contributed by atoms with Gasteiger partial charge in [0.2, 0.25) is 11.7 Å². The summed E-state index contributed by atoms with van der Waals surface area (Å²) >= 11 is 0. The Hall–Kier alpha value is -3.26. The fourth-order valence-electron chi connectivity index (χ4n) is 3.73. The number of ether oxygens (including phenoxy) is 1. The van der Waals surface area contributed by atoms with Crippen molar-refractivity contribution in [3.8, 4) is 17.3 Å². The lowest BCUT2D eigenvalue weighted by Crippen LogP contribution is -2.33. The zero-order valence-corrected chi connectivity index (χ0v) is 17.2. The van der Waals surface area contributed by atoms with Crippen LogP contribution in [-0.4, -0.2) is 45.3 Å². The minimum Gasteiger partial charge on any atom is -0.494 e. The zero-order chi connectivity index (χ0) is 19.6. The van der Waals surface area contributed by atoms with Gasteiger partial charge in [-0.1, -0.05) is 17.3 Å². The van der Waals surface area contributed by atoms with Crippen molar-refractivity contribution in [2.24, 2.45) is 0 Å². The molecule has 4 aromatic rings. The van der Waals surface area contributed by atoms with Gasteiger partial charge in [0.05, 0.1) is 13.3 Å². The van der Waals surface area contributed by atoms with E-state index in [0.717, 1.165) is 48.4 Å². The van der Waals surface area contributed by atoms with E-state index in [4.69, 9.17) is 14.2 Å². The van der Waals surface area contributed by atoms with Crippen molar-refractivity contribution in [3.05, 3.63) is 54.8 Å². The van der Waals surface area contributed by atoms with Crippen LogP contribution in [0.25, 0.3) is 22.4 Å². The van der Waals surface area contributed by atoms with Crippen molar-refractivity contribution in [1.29, 1.82) is 0 Å². The van der Waals surface area contributed by atoms with Crippen LogP contribution in [0, 0.1) is 0 Å². The molecule has 1 aliphatic rings. The molecule has 3 aromatic heterocycles. The molecular formula is C21H21ClN6O2. The highest BCUT2D eigenvalue weighted by molar-refractivity contribution is 5.86. The molecule has 0 spiro atoms. The lowest BCUT2D eigenvalue weighted by Gasteiger charge is -2.31. The molecule has 0 amide bonds. The van der Waals surface area contributed by atoms with Crippen molar-refractivity contribution in [2.75, 3.05) is 25.1 Å². The van der Waals surface area contributed by atoms with Gasteiger partial charge >= 0.3 is 0 Å². The topological polar surface area (TPSA) is 90.1 Å². The number of benzene rings is 1. The fourth-order valence-corrected chi connectivity index (χ4v) is 3.73. The van der Waals surface area contributed by atoms with Gasteiger partial charge in [-0.2, -0.15) is 4.98 Å². The summed E-state index contributed by atoms with van der Waals surface area (Å²) in [5.41, 5.74) is 1.51. The Morgan fingerprint density at radius 3 is 2.70 bits per heavy atom. The normalized spacial score (nSPS) is 14.5. The van der Waals surface area contributed by atoms with Crippen LogP contribution in [0.4, 0.5) is 5.82 Å². The van der Waals surface area contributed by atoms with E-state index in [2.05, 4.69) is 37.1 Å². The maximum absolute atomic E-state index is 5.51. The molecule has 5 rings (SSSR count). The van der Waals surface area contributed by atoms with Crippen molar-refractivity contribution in [1.82, 2.24) is 25.1 Å². The Morgan fingerprint density at radius 2 is 1.93 bits per heavy atom. The van der Waals surface area contributed by atoms with Gasteiger partial charge < -0.3 is 14.2 Å². The van der Waals surface area contributed by atoms with E-state index in [9.17, 15) is 0 Å². The number of methoxy groups -OCH3 is 1. The highest BCUT2D eigenvalue weighted by Gasteiger charge is 2.26. The molecule has 0 radical (unpaired) electrons. The number of aromatic nitrogens is 5. The Kier molecular flexibility index (Phi) is 5.76. The number of nitrogens with zero attached hydrogens (tertiary/aromatic N) is 6. The summed E-state index contributed by atoms with van der Waals surface area (Å²) < 4.78 is 11.0. The molecule has 0 N–H and O–H groups in total. The molecule has 1 aromatic carbocycles. The van der Waals surface area contributed by atoms with Crippen LogP contribution >= 0.6 is 12.4 Å². The second-order valence-electron chi connectivity index (χ2n) is 7.01. The maximum atomic E-state index is 5.51. The van der Waals surface area contributed by atoms with E-state index in [1.165, 1.54) is 0 Å². The van der Waals surface area contributed by atoms with Gasteiger partial charge in [0.1, 0.15) is 22.8 Å². The van der Waals surface area contributed by atoms with Gasteiger partial charge in [-0.15, -0.1) is 12.4 Å². The van der Waals surface area contributed by atoms with E-state index in [0.29, 0.717) is 17.4 Å². The number of hydrogen-bond donors (Lipinski definition) is 0. The van der Waals surface area contributed by atoms with Crippen molar-refractivity contribution in [2.45, 2.75) is 18.8 Å². The standard InChI is InChI=1S/C21H20N6O2.ClH/c1-28-17-4-2-3-14-5-6-18(24-19(14)17)27-11-7-15(8-12-27)21-25-20(26-29-21)16-13-22-9-10-23-16;/h2-6,9-10,13,15H,7-8,11-12H2,1H3;1H. The van der Waals surface area contributed by atoms with Crippen LogP contribution in [0.1, 0.15) is 24.7 Å². The lowest BCUT2D eigenvalue weighted by atomic mass is 9.96. The second-order valence-corrected chi connectivity index (χ2v) is 7.01. The molecule has 8 nitrogen and oxygen atoms in total. The lowest BCUT2D eigenvalue weighted by molar-refractivity contribution is 0.329. The first-order valence-corrected chi connectivity index (χ1v) is 9.60. The molecule has 0 unspecified atom stereocenters. The minimum absolute atomic E-state index is 0. The van der Waals surface area contributed by atoms with Gasteiger partial charge in [0.15, 0.2) is 0 Å². The number of anilines is 1. The van der Waals surface area contributed by atoms with E-state index in [-0.39, 0.29) is 18.3 Å². The summed E-state index contributed by atoms with van der Waals surface area (Å²) in [4.78, 5) is 20.0. The van der Waals surface area contributed by atoms with Crippen LogP contribution < -0.4 is 9.64 Å². The molecule has 1 saturated heterocycles. The third kappa shape index (κ3) is 3.78. The number of piperidine rings is 1. The van der Waals surface area contributed by atoms with E-state index >= 15 is 0 Å². The Morgan fingerprint density at radius 1 is 1.07 bits per heavy atom. The Bertz CT molecular complexity index is 1130. The summed E-state index contributed by atoms with van der Waals surface area (Å²) in [6.07, 6.45) is 6.73. The molecule has 0 atom stereocenters. The van der Waals surface area contributed by atoms with Crippen molar-refractivity contribution >= 4 is 29.1 Å². The van der Waals surface area contributed by atoms with Gasteiger partial charge in [-0.05, 0) is 31.0 Å². The van der Waals surface area contributed by atoms with Crippen molar-refractivity contribution < 1.29 is 9.26 Å². The average Bonchev–Trinajstić information content (AvgIpc) is 3.29. The van der Waals surface area contributed by atoms with E-state index < -0.39 is 0 Å². The van der Waals surface area contributed by atoms with Gasteiger partial charge in [-0.25, -0.2) is 9.97 Å². The summed E-state index contributed by atoms with van der Waals surface area (Å²) in [6, 6.07) is 10.1. The molecule has 0 bridgehead atoms. The number of pyridine rings is 1. The Balaban J connectivity index is 0.00000218. The summed E-state index contributed by atoms with van der Waals surface area (Å²) in [6.45, 7) is 1.75. The van der Waals surface area contributed by atoms with Crippen LogP contribution in [0.3, 0.4) is 0 Å². The summed E-state index contributed by atoms with van der Waals surface area (Å²) in [5, 5.41) is 5.14. The third-order valence-electron chi connectivity index (χ3n) is 5.29. The molecule has 30 heavy (non-hydrogen) atoms. The Labute approximate surface area is 179 Å². The minimum atomic E-state index is 0. The fraction of sp³-hybridized carbons (Fsp3) is 0.286. The number of hydrogen-bond acceptors (Lipinski definition) is 8. The molecule has 154 valence electrons. The molecule has 1 aliphatic heterocycles. The molecule has 0 aliphatic carbocycles. The first kappa shape index (κ1) is 20.0. The molecule has 4 heterocycles. The van der Waals surface area contributed by atoms with Crippen LogP contribution in [0.5, 0.6) is 5.75 Å². The molecule has 1 fully saturated rings. The van der Waals surface area contributed by atoms with Crippen LogP contribution in [-0.2, 0) is 0 Å². The zero-order valence-electron chi connectivity index (χ0n) is 16.4. The van der Waals surface area contributed by atoms with Crippen molar-refractivity contribution in [3.63, 3.8) is 0 Å². The first-order chi connectivity index (χ1) is 14.3. The average molecular weight is 425 g/mol. The smallest absolute Gasteiger partial charge is 0.230 e. The number of halogens is 1. The quantitative estimate of drug-likeness (QED) is 0.487. The summed E-state index contributed by atoms with van der Waals surface area (Å²) in [7, 11) is 1.67. The predicted octanol–water partition coefficient (Wildman–Crippen LogP) is 3.89. The maximum Gasteiger partial charge on any atom is 0.230 e. The largest absolute Gasteiger partial charge is 0.494 e. The number of rotatable bonds is 4. The molecule has 9 heteroatoms. The second kappa shape index (κ2) is 8.62. The van der Waals surface area contributed by atoms with Gasteiger partial charge in [0.25, 0.3) is 0 Å². The highest BCUT2D eigenvalue weighted by Crippen LogP contribution is 2.32. The summed E-state index contributed by atoms with van der Waals surface area (Å²) in [5.74, 6) is 3.14. The highest BCUT2D eigenvalue weighted by atomic mass is 35.5. The SMILES string of the molecule is COc1cccc2ccc(N3CCC(c4nc(-c5cnccn5)no4)CC3)nc12.Cl. The van der Waals surface area contributed by atoms with E-state index in [1.807, 2.05) is 18.2 Å². The van der Waals surface area contributed by atoms with Gasteiger partial charge in [-0.3, -0.25) is 4.98 Å². The first-order valence-electron chi connectivity index (χ1n) is 9.60.